The highest BCUT2D eigenvalue weighted by molar-refractivity contribution is 7.12. The van der Waals surface area contributed by atoms with Crippen LogP contribution in [0.1, 0.15) is 48.7 Å². The van der Waals surface area contributed by atoms with E-state index < -0.39 is 0 Å². The van der Waals surface area contributed by atoms with Gasteiger partial charge in [-0.3, -0.25) is 0 Å². The molecular formula is C12H19ClS. The van der Waals surface area contributed by atoms with Crippen molar-refractivity contribution in [1.82, 2.24) is 0 Å². The van der Waals surface area contributed by atoms with Gasteiger partial charge in [-0.05, 0) is 30.9 Å². The van der Waals surface area contributed by atoms with Gasteiger partial charge < -0.3 is 0 Å². The number of halogens is 1. The van der Waals surface area contributed by atoms with Crippen LogP contribution in [0.2, 0.25) is 0 Å². The van der Waals surface area contributed by atoms with Crippen molar-refractivity contribution in [2.24, 2.45) is 5.92 Å². The van der Waals surface area contributed by atoms with E-state index in [-0.39, 0.29) is 5.38 Å². The van der Waals surface area contributed by atoms with Crippen molar-refractivity contribution in [3.05, 3.63) is 21.9 Å². The summed E-state index contributed by atoms with van der Waals surface area (Å²) in [6.45, 7) is 6.68. The van der Waals surface area contributed by atoms with Crippen molar-refractivity contribution in [1.29, 1.82) is 0 Å². The molecule has 0 radical (unpaired) electrons. The molecule has 1 rings (SSSR count). The number of rotatable bonds is 5. The van der Waals surface area contributed by atoms with Gasteiger partial charge in [-0.1, -0.05) is 27.2 Å². The molecule has 0 amide bonds. The minimum absolute atomic E-state index is 0.218. The molecule has 0 saturated heterocycles. The number of alkyl halides is 1. The number of aryl methyl sites for hydroxylation is 1. The Balaban J connectivity index is 2.55. The third-order valence-corrected chi connectivity index (χ3v) is 4.53. The van der Waals surface area contributed by atoms with Crippen molar-refractivity contribution in [2.75, 3.05) is 0 Å². The quantitative estimate of drug-likeness (QED) is 0.623. The first kappa shape index (κ1) is 12.1. The van der Waals surface area contributed by atoms with Crippen LogP contribution in [-0.4, -0.2) is 0 Å². The van der Waals surface area contributed by atoms with E-state index in [1.165, 1.54) is 16.2 Å². The van der Waals surface area contributed by atoms with Crippen LogP contribution in [0, 0.1) is 5.92 Å². The lowest BCUT2D eigenvalue weighted by molar-refractivity contribution is 0.510. The lowest BCUT2D eigenvalue weighted by atomic mass is 10.0. The van der Waals surface area contributed by atoms with E-state index in [0.717, 1.165) is 18.8 Å². The van der Waals surface area contributed by atoms with E-state index in [4.69, 9.17) is 11.6 Å². The maximum absolute atomic E-state index is 6.36. The first-order valence-corrected chi connectivity index (χ1v) is 6.65. The highest BCUT2D eigenvalue weighted by Gasteiger charge is 2.13. The lowest BCUT2D eigenvalue weighted by Gasteiger charge is -2.12. The Morgan fingerprint density at radius 1 is 1.36 bits per heavy atom. The normalized spacial score (nSPS) is 15.4. The molecule has 0 nitrogen and oxygen atoms in total. The average molecular weight is 231 g/mol. The third-order valence-electron chi connectivity index (χ3n) is 2.65. The summed E-state index contributed by atoms with van der Waals surface area (Å²) in [6, 6.07) is 4.38. The maximum atomic E-state index is 6.36. The molecule has 0 N–H and O–H groups in total. The van der Waals surface area contributed by atoms with Crippen LogP contribution in [0.5, 0.6) is 0 Å². The highest BCUT2D eigenvalue weighted by atomic mass is 35.5. The zero-order valence-corrected chi connectivity index (χ0v) is 10.8. The van der Waals surface area contributed by atoms with E-state index in [9.17, 15) is 0 Å². The van der Waals surface area contributed by atoms with Crippen molar-refractivity contribution in [3.63, 3.8) is 0 Å². The predicted molar refractivity (Wildman–Crippen MR) is 66.4 cm³/mol. The zero-order valence-electron chi connectivity index (χ0n) is 9.22. The summed E-state index contributed by atoms with van der Waals surface area (Å²) in [7, 11) is 0. The number of hydrogen-bond donors (Lipinski definition) is 0. The van der Waals surface area contributed by atoms with E-state index in [1.807, 2.05) is 11.3 Å². The Bertz CT molecular complexity index is 267. The van der Waals surface area contributed by atoms with Crippen LogP contribution in [0.3, 0.4) is 0 Å². The Hall–Kier alpha value is -0.0100. The Morgan fingerprint density at radius 3 is 2.57 bits per heavy atom. The van der Waals surface area contributed by atoms with Crippen LogP contribution in [0.4, 0.5) is 0 Å². The van der Waals surface area contributed by atoms with Crippen molar-refractivity contribution < 1.29 is 0 Å². The lowest BCUT2D eigenvalue weighted by Crippen LogP contribution is -1.97. The summed E-state index contributed by atoms with van der Waals surface area (Å²) in [6.07, 6.45) is 3.44. The van der Waals surface area contributed by atoms with Crippen LogP contribution >= 0.6 is 22.9 Å². The van der Waals surface area contributed by atoms with Gasteiger partial charge in [-0.15, -0.1) is 22.9 Å². The molecule has 0 saturated carbocycles. The van der Waals surface area contributed by atoms with E-state index in [2.05, 4.69) is 32.9 Å². The van der Waals surface area contributed by atoms with Gasteiger partial charge in [0.25, 0.3) is 0 Å². The number of thiophene rings is 1. The second kappa shape index (κ2) is 5.77. The van der Waals surface area contributed by atoms with Crippen LogP contribution in [0.15, 0.2) is 12.1 Å². The first-order chi connectivity index (χ1) is 6.67. The first-order valence-electron chi connectivity index (χ1n) is 5.40. The minimum Gasteiger partial charge on any atom is -0.144 e. The Labute approximate surface area is 96.3 Å². The minimum atomic E-state index is 0.218. The fourth-order valence-electron chi connectivity index (χ4n) is 1.39. The smallest absolute Gasteiger partial charge is 0.0681 e. The molecule has 1 aromatic heterocycles. The maximum Gasteiger partial charge on any atom is 0.0681 e. The molecule has 0 spiro atoms. The van der Waals surface area contributed by atoms with Gasteiger partial charge in [-0.25, -0.2) is 0 Å². The van der Waals surface area contributed by atoms with Crippen LogP contribution in [0.25, 0.3) is 0 Å². The molecule has 0 aromatic carbocycles. The molecule has 14 heavy (non-hydrogen) atoms. The molecule has 1 heterocycles. The second-order valence-electron chi connectivity index (χ2n) is 3.87. The summed E-state index contributed by atoms with van der Waals surface area (Å²) in [5.41, 5.74) is 0. The van der Waals surface area contributed by atoms with Gasteiger partial charge in [0.2, 0.25) is 0 Å². The number of hydrogen-bond acceptors (Lipinski definition) is 1. The summed E-state index contributed by atoms with van der Waals surface area (Å²) >= 11 is 8.22. The van der Waals surface area contributed by atoms with Crippen molar-refractivity contribution >= 4 is 22.9 Å². The molecule has 1 aromatic rings. The van der Waals surface area contributed by atoms with Gasteiger partial charge in [0, 0.05) is 9.75 Å². The van der Waals surface area contributed by atoms with Crippen LogP contribution < -0.4 is 0 Å². The molecule has 0 aliphatic rings. The fraction of sp³-hybridized carbons (Fsp3) is 0.667. The topological polar surface area (TPSA) is 0 Å². The molecule has 0 fully saturated rings. The molecule has 2 atom stereocenters. The molecule has 0 bridgehead atoms. The molecule has 2 unspecified atom stereocenters. The largest absolute Gasteiger partial charge is 0.144 e. The third kappa shape index (κ3) is 3.29. The summed E-state index contributed by atoms with van der Waals surface area (Å²) in [5, 5.41) is 0.218. The van der Waals surface area contributed by atoms with Gasteiger partial charge in [0.1, 0.15) is 0 Å². The molecule has 80 valence electrons. The molecule has 2 heteroatoms. The Morgan fingerprint density at radius 2 is 2.07 bits per heavy atom. The van der Waals surface area contributed by atoms with E-state index >= 15 is 0 Å². The summed E-state index contributed by atoms with van der Waals surface area (Å²) < 4.78 is 0. The average Bonchev–Trinajstić information content (AvgIpc) is 2.65. The highest BCUT2D eigenvalue weighted by Crippen LogP contribution is 2.33. The van der Waals surface area contributed by atoms with E-state index in [1.54, 1.807) is 0 Å². The van der Waals surface area contributed by atoms with Gasteiger partial charge in [0.15, 0.2) is 0 Å². The SMILES string of the molecule is CCc1ccc(C(Cl)CC(C)CC)s1. The van der Waals surface area contributed by atoms with Crippen molar-refractivity contribution in [3.8, 4) is 0 Å². The van der Waals surface area contributed by atoms with Gasteiger partial charge in [0.05, 0.1) is 5.38 Å². The molecule has 0 aliphatic carbocycles. The molecular weight excluding hydrogens is 212 g/mol. The van der Waals surface area contributed by atoms with E-state index in [0.29, 0.717) is 0 Å². The Kier molecular flexibility index (Phi) is 4.97. The summed E-state index contributed by atoms with van der Waals surface area (Å²) in [5.74, 6) is 0.727. The standard InChI is InChI=1S/C12H19ClS/c1-4-9(3)8-11(13)12-7-6-10(5-2)14-12/h6-7,9,11H,4-5,8H2,1-3H3. The van der Waals surface area contributed by atoms with Crippen LogP contribution in [-0.2, 0) is 6.42 Å². The zero-order chi connectivity index (χ0) is 10.6. The second-order valence-corrected chi connectivity index (χ2v) is 5.60. The predicted octanol–water partition coefficient (Wildman–Crippen LogP) is 5.03. The van der Waals surface area contributed by atoms with Gasteiger partial charge in [-0.2, -0.15) is 0 Å². The summed E-state index contributed by atoms with van der Waals surface area (Å²) in [4.78, 5) is 2.78. The fourth-order valence-corrected chi connectivity index (χ4v) is 2.84. The molecule has 0 aliphatic heterocycles. The monoisotopic (exact) mass is 230 g/mol. The van der Waals surface area contributed by atoms with Gasteiger partial charge >= 0.3 is 0 Å². The van der Waals surface area contributed by atoms with Crippen molar-refractivity contribution in [2.45, 2.75) is 45.4 Å².